The molecule has 0 aromatic rings. The SMILES string of the molecule is NCCCCCCN.O=S(=O)(O)OS(=O)(=O)O. The minimum absolute atomic E-state index is 0.824. The van der Waals surface area contributed by atoms with Crippen LogP contribution >= 0.6 is 0 Å². The number of rotatable bonds is 7. The second kappa shape index (κ2) is 9.70. The van der Waals surface area contributed by atoms with E-state index in [0.717, 1.165) is 25.9 Å². The Morgan fingerprint density at radius 3 is 1.18 bits per heavy atom. The van der Waals surface area contributed by atoms with Crippen molar-refractivity contribution in [1.82, 2.24) is 0 Å². The predicted molar refractivity (Wildman–Crippen MR) is 60.8 cm³/mol. The molecular formula is C6H18N2O7S2. The van der Waals surface area contributed by atoms with Crippen molar-refractivity contribution in [2.24, 2.45) is 11.5 Å². The fraction of sp³-hybridized carbons (Fsp3) is 1.00. The molecule has 0 bridgehead atoms. The van der Waals surface area contributed by atoms with Gasteiger partial charge < -0.3 is 11.5 Å². The Morgan fingerprint density at radius 1 is 0.765 bits per heavy atom. The molecule has 0 heterocycles. The molecule has 0 spiro atoms. The summed E-state index contributed by atoms with van der Waals surface area (Å²) in [6.45, 7) is 1.65. The molecule has 0 fully saturated rings. The van der Waals surface area contributed by atoms with E-state index in [4.69, 9.17) is 20.6 Å². The molecule has 0 aliphatic rings. The summed E-state index contributed by atoms with van der Waals surface area (Å²) in [5, 5.41) is 0. The van der Waals surface area contributed by atoms with Gasteiger partial charge in [0.05, 0.1) is 0 Å². The number of hydrogen-bond acceptors (Lipinski definition) is 7. The highest BCUT2D eigenvalue weighted by molar-refractivity contribution is 7.94. The first kappa shape index (κ1) is 19.0. The Balaban J connectivity index is 0. The summed E-state index contributed by atoms with van der Waals surface area (Å²) < 4.78 is 55.6. The smallest absolute Gasteiger partial charge is 0.330 e. The van der Waals surface area contributed by atoms with Crippen LogP contribution in [0.15, 0.2) is 0 Å². The molecule has 17 heavy (non-hydrogen) atoms. The van der Waals surface area contributed by atoms with E-state index < -0.39 is 20.8 Å². The van der Waals surface area contributed by atoms with Crippen LogP contribution in [0.1, 0.15) is 25.7 Å². The van der Waals surface area contributed by atoms with Gasteiger partial charge in [-0.3, -0.25) is 9.11 Å². The summed E-state index contributed by atoms with van der Waals surface area (Å²) in [7, 11) is -10.2. The van der Waals surface area contributed by atoms with Crippen molar-refractivity contribution in [3.05, 3.63) is 0 Å². The highest BCUT2D eigenvalue weighted by Gasteiger charge is 2.15. The first-order chi connectivity index (χ1) is 7.62. The molecule has 0 aromatic heterocycles. The molecule has 0 radical (unpaired) electrons. The van der Waals surface area contributed by atoms with Gasteiger partial charge in [-0.2, -0.15) is 16.8 Å². The summed E-state index contributed by atoms with van der Waals surface area (Å²) in [5.74, 6) is 0. The van der Waals surface area contributed by atoms with Crippen LogP contribution in [0, 0.1) is 0 Å². The Labute approximate surface area is 101 Å². The Morgan fingerprint density at radius 2 is 1.06 bits per heavy atom. The zero-order valence-corrected chi connectivity index (χ0v) is 10.8. The largest absolute Gasteiger partial charge is 0.413 e. The first-order valence-electron chi connectivity index (χ1n) is 4.68. The average Bonchev–Trinajstić information content (AvgIpc) is 2.07. The van der Waals surface area contributed by atoms with Gasteiger partial charge in [-0.25, -0.2) is 0 Å². The van der Waals surface area contributed by atoms with Gasteiger partial charge >= 0.3 is 20.8 Å². The fourth-order valence-corrected chi connectivity index (χ4v) is 1.62. The lowest BCUT2D eigenvalue weighted by Crippen LogP contribution is -2.10. The maximum absolute atomic E-state index is 9.44. The monoisotopic (exact) mass is 294 g/mol. The second-order valence-electron chi connectivity index (χ2n) is 2.92. The van der Waals surface area contributed by atoms with E-state index in [-0.39, 0.29) is 0 Å². The fourth-order valence-electron chi connectivity index (χ4n) is 0.751. The van der Waals surface area contributed by atoms with Gasteiger partial charge in [0.2, 0.25) is 0 Å². The zero-order chi connectivity index (χ0) is 13.9. The third kappa shape index (κ3) is 25.7. The van der Waals surface area contributed by atoms with E-state index in [0.29, 0.717) is 0 Å². The van der Waals surface area contributed by atoms with E-state index in [1.165, 1.54) is 12.8 Å². The standard InChI is InChI=1S/C6H16N2.H2O7S2/c7-5-3-1-2-4-6-8;1-8(2,3)7-9(4,5)6/h1-8H2;(H,1,2,3)(H,4,5,6). The molecule has 0 rings (SSSR count). The molecule has 11 heteroatoms. The molecule has 106 valence electrons. The van der Waals surface area contributed by atoms with E-state index >= 15 is 0 Å². The predicted octanol–water partition coefficient (Wildman–Crippen LogP) is -0.927. The molecule has 0 amide bonds. The van der Waals surface area contributed by atoms with Crippen LogP contribution in [0.3, 0.4) is 0 Å². The molecule has 0 aliphatic carbocycles. The molecule has 9 nitrogen and oxygen atoms in total. The van der Waals surface area contributed by atoms with Crippen molar-refractivity contribution in [2.45, 2.75) is 25.7 Å². The van der Waals surface area contributed by atoms with Crippen LogP contribution in [0.4, 0.5) is 0 Å². The van der Waals surface area contributed by atoms with Crippen molar-refractivity contribution >= 4 is 20.8 Å². The topological polar surface area (TPSA) is 170 Å². The van der Waals surface area contributed by atoms with E-state index in [1.807, 2.05) is 0 Å². The third-order valence-corrected chi connectivity index (χ3v) is 2.71. The van der Waals surface area contributed by atoms with Crippen LogP contribution in [0.25, 0.3) is 0 Å². The normalized spacial score (nSPS) is 11.8. The summed E-state index contributed by atoms with van der Waals surface area (Å²) >= 11 is 0. The van der Waals surface area contributed by atoms with E-state index in [2.05, 4.69) is 3.63 Å². The van der Waals surface area contributed by atoms with Crippen LogP contribution in [0.2, 0.25) is 0 Å². The van der Waals surface area contributed by atoms with Crippen molar-refractivity contribution in [3.8, 4) is 0 Å². The molecule has 0 atom stereocenters. The molecule has 0 saturated carbocycles. The molecular weight excluding hydrogens is 276 g/mol. The Hall–Kier alpha value is -0.300. The van der Waals surface area contributed by atoms with Gasteiger partial charge in [-0.1, -0.05) is 12.8 Å². The number of nitrogens with two attached hydrogens (primary N) is 2. The van der Waals surface area contributed by atoms with Crippen LogP contribution in [-0.2, 0) is 24.4 Å². The third-order valence-electron chi connectivity index (χ3n) is 1.33. The minimum atomic E-state index is -5.12. The van der Waals surface area contributed by atoms with Crippen LogP contribution in [0.5, 0.6) is 0 Å². The van der Waals surface area contributed by atoms with Gasteiger partial charge in [0.25, 0.3) is 0 Å². The van der Waals surface area contributed by atoms with E-state index in [9.17, 15) is 16.8 Å². The molecule has 6 N–H and O–H groups in total. The average molecular weight is 294 g/mol. The van der Waals surface area contributed by atoms with Gasteiger partial charge in [0.15, 0.2) is 0 Å². The lowest BCUT2D eigenvalue weighted by Gasteiger charge is -1.94. The van der Waals surface area contributed by atoms with Crippen molar-refractivity contribution in [2.75, 3.05) is 13.1 Å². The maximum atomic E-state index is 9.44. The quantitative estimate of drug-likeness (QED) is 0.342. The lowest BCUT2D eigenvalue weighted by molar-refractivity contribution is 0.344. The van der Waals surface area contributed by atoms with Crippen molar-refractivity contribution < 1.29 is 29.6 Å². The minimum Gasteiger partial charge on any atom is -0.330 e. The van der Waals surface area contributed by atoms with Crippen molar-refractivity contribution in [1.29, 1.82) is 0 Å². The number of unbranched alkanes of at least 4 members (excludes halogenated alkanes) is 3. The molecule has 0 aliphatic heterocycles. The number of hydrogen-bond donors (Lipinski definition) is 4. The Bertz CT molecular complexity index is 328. The summed E-state index contributed by atoms with van der Waals surface area (Å²) in [5.41, 5.74) is 10.6. The van der Waals surface area contributed by atoms with Gasteiger partial charge in [0.1, 0.15) is 0 Å². The molecule has 0 unspecified atom stereocenters. The lowest BCUT2D eigenvalue weighted by atomic mass is 10.2. The second-order valence-corrected chi connectivity index (χ2v) is 5.17. The highest BCUT2D eigenvalue weighted by atomic mass is 32.3. The summed E-state index contributed by atoms with van der Waals surface area (Å²) in [6, 6.07) is 0. The highest BCUT2D eigenvalue weighted by Crippen LogP contribution is 1.95. The van der Waals surface area contributed by atoms with Gasteiger partial charge in [-0.05, 0) is 25.9 Å². The Kier molecular flexibility index (Phi) is 10.9. The van der Waals surface area contributed by atoms with Gasteiger partial charge in [0, 0.05) is 0 Å². The molecule has 0 saturated heterocycles. The summed E-state index contributed by atoms with van der Waals surface area (Å²) in [6.07, 6.45) is 4.79. The van der Waals surface area contributed by atoms with E-state index in [1.54, 1.807) is 0 Å². The first-order valence-corrected chi connectivity index (χ1v) is 7.41. The molecule has 0 aromatic carbocycles. The zero-order valence-electron chi connectivity index (χ0n) is 9.15. The van der Waals surface area contributed by atoms with Crippen LogP contribution in [-0.4, -0.2) is 39.0 Å². The van der Waals surface area contributed by atoms with Crippen molar-refractivity contribution in [3.63, 3.8) is 0 Å². The maximum Gasteiger partial charge on any atom is 0.413 e. The van der Waals surface area contributed by atoms with Gasteiger partial charge in [-0.15, -0.1) is 3.63 Å². The summed E-state index contributed by atoms with van der Waals surface area (Å²) in [4.78, 5) is 0. The van der Waals surface area contributed by atoms with Crippen LogP contribution < -0.4 is 11.5 Å².